The number of carbonyl (C=O) groups excluding carboxylic acids is 1. The van der Waals surface area contributed by atoms with Gasteiger partial charge in [-0.25, -0.2) is 4.79 Å². The number of carbonyl (C=O) groups is 1. The summed E-state index contributed by atoms with van der Waals surface area (Å²) in [6.45, 7) is 3.79. The van der Waals surface area contributed by atoms with Crippen molar-refractivity contribution in [1.29, 1.82) is 0 Å². The second-order valence-electron chi connectivity index (χ2n) is 2.47. The summed E-state index contributed by atoms with van der Waals surface area (Å²) in [6, 6.07) is 7.15. The van der Waals surface area contributed by atoms with Crippen molar-refractivity contribution in [3.8, 4) is 0 Å². The molecule has 0 saturated heterocycles. The highest BCUT2D eigenvalue weighted by atomic mass is 127. The van der Waals surface area contributed by atoms with E-state index in [1.165, 1.54) is 7.11 Å². The maximum atomic E-state index is 11.0. The molecule has 13 heavy (non-hydrogen) atoms. The Balaban J connectivity index is 2.93. The minimum atomic E-state index is -0.314. The SMILES string of the molecule is C=C(I)c1ccc(C(=O)OC)cc1. The van der Waals surface area contributed by atoms with Crippen molar-refractivity contribution in [3.05, 3.63) is 42.0 Å². The van der Waals surface area contributed by atoms with Crippen LogP contribution < -0.4 is 0 Å². The molecule has 1 rings (SSSR count). The van der Waals surface area contributed by atoms with Crippen molar-refractivity contribution in [2.45, 2.75) is 0 Å². The van der Waals surface area contributed by atoms with Gasteiger partial charge in [0, 0.05) is 3.58 Å². The van der Waals surface area contributed by atoms with Crippen LogP contribution in [0, 0.1) is 0 Å². The van der Waals surface area contributed by atoms with Gasteiger partial charge in [0.05, 0.1) is 12.7 Å². The molecule has 0 radical (unpaired) electrons. The molecule has 0 saturated carbocycles. The van der Waals surface area contributed by atoms with Gasteiger partial charge >= 0.3 is 5.97 Å². The molecule has 0 atom stereocenters. The van der Waals surface area contributed by atoms with Crippen LogP contribution in [0.2, 0.25) is 0 Å². The smallest absolute Gasteiger partial charge is 0.337 e. The fourth-order valence-electron chi connectivity index (χ4n) is 0.905. The molecule has 0 spiro atoms. The first-order valence-corrected chi connectivity index (χ1v) is 4.76. The third kappa shape index (κ3) is 2.55. The first-order valence-electron chi connectivity index (χ1n) is 3.68. The quantitative estimate of drug-likeness (QED) is 0.618. The molecule has 1 aromatic rings. The third-order valence-electron chi connectivity index (χ3n) is 1.62. The molecule has 0 amide bonds. The largest absolute Gasteiger partial charge is 0.465 e. The number of hydrogen-bond acceptors (Lipinski definition) is 2. The third-order valence-corrected chi connectivity index (χ3v) is 2.24. The van der Waals surface area contributed by atoms with Crippen LogP contribution in [0.5, 0.6) is 0 Å². The topological polar surface area (TPSA) is 26.3 Å². The molecule has 68 valence electrons. The van der Waals surface area contributed by atoms with Crippen molar-refractivity contribution < 1.29 is 9.53 Å². The van der Waals surface area contributed by atoms with Crippen molar-refractivity contribution >= 4 is 32.1 Å². The van der Waals surface area contributed by atoms with Gasteiger partial charge in [-0.2, -0.15) is 0 Å². The van der Waals surface area contributed by atoms with Gasteiger partial charge in [-0.05, 0) is 40.3 Å². The minimum Gasteiger partial charge on any atom is -0.465 e. The lowest BCUT2D eigenvalue weighted by molar-refractivity contribution is 0.0601. The molecule has 0 unspecified atom stereocenters. The highest BCUT2D eigenvalue weighted by Crippen LogP contribution is 2.19. The average molecular weight is 288 g/mol. The Labute approximate surface area is 90.7 Å². The van der Waals surface area contributed by atoms with Crippen LogP contribution >= 0.6 is 22.6 Å². The number of rotatable bonds is 2. The van der Waals surface area contributed by atoms with Crippen LogP contribution in [0.1, 0.15) is 15.9 Å². The van der Waals surface area contributed by atoms with Gasteiger partial charge in [0.1, 0.15) is 0 Å². The van der Waals surface area contributed by atoms with Gasteiger partial charge in [0.2, 0.25) is 0 Å². The van der Waals surface area contributed by atoms with E-state index in [-0.39, 0.29) is 5.97 Å². The van der Waals surface area contributed by atoms with E-state index in [1.807, 2.05) is 12.1 Å². The summed E-state index contributed by atoms with van der Waals surface area (Å²) in [4.78, 5) is 11.0. The zero-order valence-electron chi connectivity index (χ0n) is 7.21. The molecule has 0 fully saturated rings. The summed E-state index contributed by atoms with van der Waals surface area (Å²) >= 11 is 2.14. The van der Waals surface area contributed by atoms with Gasteiger partial charge in [-0.1, -0.05) is 18.7 Å². The van der Waals surface area contributed by atoms with Crippen molar-refractivity contribution in [1.82, 2.24) is 0 Å². The number of esters is 1. The highest BCUT2D eigenvalue weighted by Gasteiger charge is 2.04. The molecule has 2 nitrogen and oxygen atoms in total. The van der Waals surface area contributed by atoms with E-state index in [1.54, 1.807) is 12.1 Å². The Morgan fingerprint density at radius 1 is 1.31 bits per heavy atom. The number of ether oxygens (including phenoxy) is 1. The van der Waals surface area contributed by atoms with Crippen LogP contribution in [0.25, 0.3) is 3.58 Å². The molecule has 0 N–H and O–H groups in total. The maximum absolute atomic E-state index is 11.0. The highest BCUT2D eigenvalue weighted by molar-refractivity contribution is 14.1. The van der Waals surface area contributed by atoms with Crippen LogP contribution in [0.4, 0.5) is 0 Å². The number of methoxy groups -OCH3 is 1. The van der Waals surface area contributed by atoms with E-state index >= 15 is 0 Å². The second kappa shape index (κ2) is 4.41. The fraction of sp³-hybridized carbons (Fsp3) is 0.100. The van der Waals surface area contributed by atoms with Gasteiger partial charge in [-0.15, -0.1) is 0 Å². The number of halogens is 1. The summed E-state index contributed by atoms with van der Waals surface area (Å²) in [5, 5.41) is 0. The van der Waals surface area contributed by atoms with Gasteiger partial charge < -0.3 is 4.74 Å². The monoisotopic (exact) mass is 288 g/mol. The van der Waals surface area contributed by atoms with Crippen LogP contribution in [-0.2, 0) is 4.74 Å². The lowest BCUT2D eigenvalue weighted by Crippen LogP contribution is -2.00. The molecule has 0 heterocycles. The molecule has 0 aliphatic rings. The first-order chi connectivity index (χ1) is 6.15. The standard InChI is InChI=1S/C10H9IO2/c1-7(11)8-3-5-9(6-4-8)10(12)13-2/h3-6H,1H2,2H3. The molecule has 0 aromatic heterocycles. The predicted octanol–water partition coefficient (Wildman–Crippen LogP) is 2.88. The Kier molecular flexibility index (Phi) is 3.48. The Hall–Kier alpha value is -0.840. The van der Waals surface area contributed by atoms with Gasteiger partial charge in [0.15, 0.2) is 0 Å². The van der Waals surface area contributed by atoms with Gasteiger partial charge in [0.25, 0.3) is 0 Å². The van der Waals surface area contributed by atoms with Crippen molar-refractivity contribution in [2.75, 3.05) is 7.11 Å². The zero-order chi connectivity index (χ0) is 9.84. The summed E-state index contributed by atoms with van der Waals surface area (Å²) in [5.74, 6) is -0.314. The van der Waals surface area contributed by atoms with Crippen molar-refractivity contribution in [3.63, 3.8) is 0 Å². The first kappa shape index (κ1) is 10.2. The van der Waals surface area contributed by atoms with E-state index in [9.17, 15) is 4.79 Å². The van der Waals surface area contributed by atoms with Crippen LogP contribution in [0.15, 0.2) is 30.8 Å². The van der Waals surface area contributed by atoms with Crippen molar-refractivity contribution in [2.24, 2.45) is 0 Å². The summed E-state index contributed by atoms with van der Waals surface area (Å²) in [5.41, 5.74) is 1.58. The van der Waals surface area contributed by atoms with E-state index < -0.39 is 0 Å². The molecule has 0 aliphatic heterocycles. The zero-order valence-corrected chi connectivity index (χ0v) is 9.37. The lowest BCUT2D eigenvalue weighted by atomic mass is 10.1. The molecular weight excluding hydrogens is 279 g/mol. The normalized spacial score (nSPS) is 9.38. The molecule has 3 heteroatoms. The fourth-order valence-corrected chi connectivity index (χ4v) is 1.26. The van der Waals surface area contributed by atoms with E-state index in [0.717, 1.165) is 9.14 Å². The second-order valence-corrected chi connectivity index (χ2v) is 3.78. The Morgan fingerprint density at radius 2 is 1.77 bits per heavy atom. The predicted molar refractivity (Wildman–Crippen MR) is 60.8 cm³/mol. The average Bonchev–Trinajstić information content (AvgIpc) is 2.17. The Bertz CT molecular complexity index is 327. The maximum Gasteiger partial charge on any atom is 0.337 e. The Morgan fingerprint density at radius 3 is 2.15 bits per heavy atom. The van der Waals surface area contributed by atoms with Gasteiger partial charge in [-0.3, -0.25) is 0 Å². The lowest BCUT2D eigenvalue weighted by Gasteiger charge is -2.00. The van der Waals surface area contributed by atoms with E-state index in [0.29, 0.717) is 5.56 Å². The summed E-state index contributed by atoms with van der Waals surface area (Å²) in [6.07, 6.45) is 0. The van der Waals surface area contributed by atoms with E-state index in [4.69, 9.17) is 0 Å². The minimum absolute atomic E-state index is 0.314. The number of hydrogen-bond donors (Lipinski definition) is 0. The van der Waals surface area contributed by atoms with E-state index in [2.05, 4.69) is 33.9 Å². The van der Waals surface area contributed by atoms with Crippen LogP contribution in [0.3, 0.4) is 0 Å². The molecular formula is C10H9IO2. The molecule has 0 aliphatic carbocycles. The van der Waals surface area contributed by atoms with Crippen LogP contribution in [-0.4, -0.2) is 13.1 Å². The summed E-state index contributed by atoms with van der Waals surface area (Å²) in [7, 11) is 1.37. The molecule has 1 aromatic carbocycles. The number of benzene rings is 1. The molecule has 0 bridgehead atoms. The summed E-state index contributed by atoms with van der Waals surface area (Å²) < 4.78 is 5.53.